The molecule has 3 rings (SSSR count). The van der Waals surface area contributed by atoms with E-state index in [9.17, 15) is 0 Å². The van der Waals surface area contributed by atoms with Crippen molar-refractivity contribution in [3.8, 4) is 0 Å². The Morgan fingerprint density at radius 3 is 2.55 bits per heavy atom. The molecule has 0 aliphatic heterocycles. The number of nitrogens with two attached hydrogens (primary N) is 1. The second-order valence-corrected chi connectivity index (χ2v) is 5.43. The van der Waals surface area contributed by atoms with Gasteiger partial charge in [-0.2, -0.15) is 0 Å². The van der Waals surface area contributed by atoms with Gasteiger partial charge in [-0.05, 0) is 54.3 Å². The Hall–Kier alpha value is -2.22. The zero-order valence-electron chi connectivity index (χ0n) is 12.2. The topological polar surface area (TPSA) is 38.0 Å². The first-order valence-electron chi connectivity index (χ1n) is 6.98. The van der Waals surface area contributed by atoms with Gasteiger partial charge in [0.1, 0.15) is 0 Å². The first kappa shape index (κ1) is 12.8. The summed E-state index contributed by atoms with van der Waals surface area (Å²) in [5, 5.41) is 5.78. The van der Waals surface area contributed by atoms with Gasteiger partial charge in [0.2, 0.25) is 0 Å². The van der Waals surface area contributed by atoms with Crippen molar-refractivity contribution in [1.29, 1.82) is 0 Å². The summed E-state index contributed by atoms with van der Waals surface area (Å²) in [6.07, 6.45) is 0.958. The highest BCUT2D eigenvalue weighted by Gasteiger charge is 2.15. The lowest BCUT2D eigenvalue weighted by molar-refractivity contribution is 1.23. The van der Waals surface area contributed by atoms with Gasteiger partial charge < -0.3 is 11.1 Å². The van der Waals surface area contributed by atoms with E-state index in [-0.39, 0.29) is 0 Å². The molecule has 2 aromatic carbocycles. The number of benzene rings is 2. The van der Waals surface area contributed by atoms with Crippen LogP contribution in [0.15, 0.2) is 36.4 Å². The van der Waals surface area contributed by atoms with Gasteiger partial charge in [0, 0.05) is 23.6 Å². The van der Waals surface area contributed by atoms with Gasteiger partial charge in [0.25, 0.3) is 0 Å². The Labute approximate surface area is 119 Å². The van der Waals surface area contributed by atoms with Crippen LogP contribution in [0.5, 0.6) is 0 Å². The molecule has 0 saturated carbocycles. The Morgan fingerprint density at radius 2 is 1.80 bits per heavy atom. The second kappa shape index (κ2) is 4.71. The molecule has 0 atom stereocenters. The molecule has 0 unspecified atom stereocenters. The molecule has 0 aromatic heterocycles. The average molecular weight is 264 g/mol. The lowest BCUT2D eigenvalue weighted by Crippen LogP contribution is -2.30. The molecule has 2 heteroatoms. The van der Waals surface area contributed by atoms with Crippen molar-refractivity contribution < 1.29 is 0 Å². The molecule has 102 valence electrons. The van der Waals surface area contributed by atoms with Crippen LogP contribution >= 0.6 is 0 Å². The molecular formula is C18H20N2. The predicted octanol–water partition coefficient (Wildman–Crippen LogP) is 2.26. The number of hydrogen-bond acceptors (Lipinski definition) is 2. The van der Waals surface area contributed by atoms with E-state index < -0.39 is 0 Å². The molecule has 0 fully saturated rings. The molecule has 1 aliphatic carbocycles. The maximum atomic E-state index is 6.24. The van der Waals surface area contributed by atoms with Crippen molar-refractivity contribution in [1.82, 2.24) is 0 Å². The van der Waals surface area contributed by atoms with Crippen LogP contribution in [-0.2, 0) is 6.42 Å². The van der Waals surface area contributed by atoms with Crippen LogP contribution in [-0.4, -0.2) is 7.05 Å². The average Bonchev–Trinajstić information content (AvgIpc) is 2.56. The third-order valence-electron chi connectivity index (χ3n) is 4.22. The molecule has 2 aromatic rings. The highest BCUT2D eigenvalue weighted by molar-refractivity contribution is 5.78. The van der Waals surface area contributed by atoms with Crippen LogP contribution in [0, 0.1) is 0 Å². The van der Waals surface area contributed by atoms with Crippen LogP contribution in [0.4, 0.5) is 11.4 Å². The number of hydrogen-bond donors (Lipinski definition) is 2. The predicted molar refractivity (Wildman–Crippen MR) is 87.1 cm³/mol. The molecule has 2 nitrogen and oxygen atoms in total. The Bertz CT molecular complexity index is 801. The van der Waals surface area contributed by atoms with Crippen molar-refractivity contribution in [3.63, 3.8) is 0 Å². The van der Waals surface area contributed by atoms with Crippen LogP contribution in [0.3, 0.4) is 0 Å². The summed E-state index contributed by atoms with van der Waals surface area (Å²) in [5.74, 6) is 0. The van der Waals surface area contributed by atoms with Gasteiger partial charge in [-0.25, -0.2) is 0 Å². The molecule has 3 N–H and O–H groups in total. The van der Waals surface area contributed by atoms with E-state index in [1.807, 2.05) is 19.2 Å². The number of nitrogen functional groups attached to an aromatic ring is 1. The number of rotatable bonds is 1. The number of fused-ring (bicyclic) bond motifs is 2. The van der Waals surface area contributed by atoms with E-state index in [0.29, 0.717) is 0 Å². The maximum Gasteiger partial charge on any atom is 0.0396 e. The van der Waals surface area contributed by atoms with Crippen LogP contribution in [0.25, 0.3) is 11.1 Å². The van der Waals surface area contributed by atoms with E-state index in [1.165, 1.54) is 38.4 Å². The summed E-state index contributed by atoms with van der Waals surface area (Å²) in [6.45, 7) is 4.37. The van der Waals surface area contributed by atoms with E-state index >= 15 is 0 Å². The lowest BCUT2D eigenvalue weighted by atomic mass is 9.96. The molecule has 20 heavy (non-hydrogen) atoms. The number of nitrogens with one attached hydrogen (secondary N) is 1. The summed E-state index contributed by atoms with van der Waals surface area (Å²) in [7, 11) is 1.98. The quantitative estimate of drug-likeness (QED) is 0.775. The van der Waals surface area contributed by atoms with Crippen molar-refractivity contribution in [2.24, 2.45) is 0 Å². The fourth-order valence-corrected chi connectivity index (χ4v) is 3.20. The fraction of sp³-hybridized carbons (Fsp3) is 0.222. The minimum absolute atomic E-state index is 0.863. The van der Waals surface area contributed by atoms with Crippen LogP contribution in [0.2, 0.25) is 0 Å². The maximum absolute atomic E-state index is 6.24. The van der Waals surface area contributed by atoms with Gasteiger partial charge in [-0.15, -0.1) is 0 Å². The smallest absolute Gasteiger partial charge is 0.0396 e. The molecular weight excluding hydrogens is 244 g/mol. The lowest BCUT2D eigenvalue weighted by Gasteiger charge is -2.13. The van der Waals surface area contributed by atoms with Crippen LogP contribution in [0.1, 0.15) is 25.0 Å². The molecule has 0 saturated heterocycles. The van der Waals surface area contributed by atoms with Gasteiger partial charge in [-0.1, -0.05) is 29.8 Å². The largest absolute Gasteiger partial charge is 0.398 e. The van der Waals surface area contributed by atoms with Gasteiger partial charge in [-0.3, -0.25) is 0 Å². The normalized spacial score (nSPS) is 13.6. The first-order chi connectivity index (χ1) is 9.63. The molecule has 0 heterocycles. The molecule has 1 aliphatic rings. The monoisotopic (exact) mass is 264 g/mol. The van der Waals surface area contributed by atoms with Crippen LogP contribution < -0.4 is 21.5 Å². The summed E-state index contributed by atoms with van der Waals surface area (Å²) in [4.78, 5) is 0. The Kier molecular flexibility index (Phi) is 3.01. The highest BCUT2D eigenvalue weighted by atomic mass is 14.8. The van der Waals surface area contributed by atoms with E-state index in [0.717, 1.165) is 12.1 Å². The fourth-order valence-electron chi connectivity index (χ4n) is 3.20. The third-order valence-corrected chi connectivity index (χ3v) is 4.22. The summed E-state index contributed by atoms with van der Waals surface area (Å²) in [6, 6.07) is 12.6. The summed E-state index contributed by atoms with van der Waals surface area (Å²) < 4.78 is 0. The second-order valence-electron chi connectivity index (χ2n) is 5.43. The SMILES string of the molecule is CNc1cccc2c1CC(C)=c1cccc(N)c1=C2C. The van der Waals surface area contributed by atoms with E-state index in [4.69, 9.17) is 5.73 Å². The van der Waals surface area contributed by atoms with Gasteiger partial charge in [0.05, 0.1) is 0 Å². The minimum Gasteiger partial charge on any atom is -0.398 e. The van der Waals surface area contributed by atoms with Crippen molar-refractivity contribution in [2.45, 2.75) is 20.3 Å². The molecule has 0 radical (unpaired) electrons. The van der Waals surface area contributed by atoms with Crippen molar-refractivity contribution >= 4 is 22.5 Å². The van der Waals surface area contributed by atoms with E-state index in [1.54, 1.807) is 0 Å². The van der Waals surface area contributed by atoms with Crippen molar-refractivity contribution in [2.75, 3.05) is 18.1 Å². The zero-order chi connectivity index (χ0) is 14.3. The molecule has 0 amide bonds. The summed E-state index contributed by atoms with van der Waals surface area (Å²) in [5.41, 5.74) is 13.6. The van der Waals surface area contributed by atoms with Gasteiger partial charge in [0.15, 0.2) is 0 Å². The van der Waals surface area contributed by atoms with Crippen molar-refractivity contribution in [3.05, 3.63) is 58.0 Å². The highest BCUT2D eigenvalue weighted by Crippen LogP contribution is 2.28. The minimum atomic E-state index is 0.863. The number of anilines is 2. The molecule has 0 spiro atoms. The zero-order valence-corrected chi connectivity index (χ0v) is 12.2. The van der Waals surface area contributed by atoms with E-state index in [2.05, 4.69) is 43.4 Å². The Balaban J connectivity index is 2.50. The standard InChI is InChI=1S/C18H20N2/c1-11-10-15-14(7-5-9-17(15)20-3)12(2)18-13(11)6-4-8-16(18)19/h4-9,20H,10,19H2,1-3H3. The first-order valence-corrected chi connectivity index (χ1v) is 6.98. The third kappa shape index (κ3) is 1.80. The van der Waals surface area contributed by atoms with Gasteiger partial charge >= 0.3 is 0 Å². The Morgan fingerprint density at radius 1 is 1.05 bits per heavy atom. The summed E-state index contributed by atoms with van der Waals surface area (Å²) >= 11 is 0. The molecule has 0 bridgehead atoms.